The van der Waals surface area contributed by atoms with Crippen molar-refractivity contribution in [2.75, 3.05) is 7.05 Å². The molecule has 0 atom stereocenters. The van der Waals surface area contributed by atoms with Gasteiger partial charge in [-0.2, -0.15) is 0 Å². The Morgan fingerprint density at radius 3 is 2.50 bits per heavy atom. The Morgan fingerprint density at radius 1 is 1.12 bits per heavy atom. The molecule has 0 aliphatic heterocycles. The van der Waals surface area contributed by atoms with E-state index in [0.717, 1.165) is 16.6 Å². The van der Waals surface area contributed by atoms with Crippen LogP contribution in [0.5, 0.6) is 0 Å². The summed E-state index contributed by atoms with van der Waals surface area (Å²) in [5.74, 6) is 0.00592. The second kappa shape index (κ2) is 6.11. The van der Waals surface area contributed by atoms with E-state index >= 15 is 0 Å². The molecule has 1 heterocycles. The van der Waals surface area contributed by atoms with Gasteiger partial charge in [0.2, 0.25) is 0 Å². The van der Waals surface area contributed by atoms with Gasteiger partial charge in [0.25, 0.3) is 5.91 Å². The molecular formula is C20H23N3O. The molecule has 0 radical (unpaired) electrons. The monoisotopic (exact) mass is 321 g/mol. The van der Waals surface area contributed by atoms with E-state index in [9.17, 15) is 4.79 Å². The first-order valence-corrected chi connectivity index (χ1v) is 8.12. The van der Waals surface area contributed by atoms with Crippen LogP contribution >= 0.6 is 0 Å². The lowest BCUT2D eigenvalue weighted by molar-refractivity contribution is 0.0785. The first kappa shape index (κ1) is 16.2. The fourth-order valence-electron chi connectivity index (χ4n) is 2.74. The van der Waals surface area contributed by atoms with Crippen LogP contribution in [-0.4, -0.2) is 27.8 Å². The standard InChI is InChI=1S/C20H23N3O/c1-20(2,3)16-8-5-14(6-9-16)12-23(4)19(24)15-7-10-17-18(11-15)22-13-21-17/h5-11,13H,12H2,1-4H3,(H,21,22). The van der Waals surface area contributed by atoms with Crippen molar-refractivity contribution < 1.29 is 4.79 Å². The predicted octanol–water partition coefficient (Wildman–Crippen LogP) is 4.13. The third-order valence-corrected chi connectivity index (χ3v) is 4.25. The average Bonchev–Trinajstić information content (AvgIpc) is 3.01. The Hall–Kier alpha value is -2.62. The largest absolute Gasteiger partial charge is 0.345 e. The highest BCUT2D eigenvalue weighted by molar-refractivity contribution is 5.97. The second-order valence-electron chi connectivity index (χ2n) is 7.24. The fourth-order valence-corrected chi connectivity index (χ4v) is 2.74. The molecule has 1 amide bonds. The molecule has 2 aromatic carbocycles. The molecule has 4 heteroatoms. The fraction of sp³-hybridized carbons (Fsp3) is 0.300. The Kier molecular flexibility index (Phi) is 4.14. The van der Waals surface area contributed by atoms with Gasteiger partial charge in [0.05, 0.1) is 17.4 Å². The number of fused-ring (bicyclic) bond motifs is 1. The molecule has 124 valence electrons. The molecule has 0 unspecified atom stereocenters. The number of rotatable bonds is 3. The van der Waals surface area contributed by atoms with Crippen LogP contribution in [0.1, 0.15) is 42.3 Å². The minimum atomic E-state index is 0.00592. The number of nitrogens with zero attached hydrogens (tertiary/aromatic N) is 2. The lowest BCUT2D eigenvalue weighted by Gasteiger charge is -2.21. The van der Waals surface area contributed by atoms with Crippen molar-refractivity contribution in [2.24, 2.45) is 0 Å². The molecule has 1 N–H and O–H groups in total. The summed E-state index contributed by atoms with van der Waals surface area (Å²) in [5.41, 5.74) is 4.97. The number of carbonyl (C=O) groups excluding carboxylic acids is 1. The van der Waals surface area contributed by atoms with Crippen molar-refractivity contribution in [1.82, 2.24) is 14.9 Å². The number of benzene rings is 2. The van der Waals surface area contributed by atoms with Gasteiger partial charge in [0, 0.05) is 19.2 Å². The van der Waals surface area contributed by atoms with Gasteiger partial charge in [-0.3, -0.25) is 4.79 Å². The number of aromatic nitrogens is 2. The molecule has 0 fully saturated rings. The van der Waals surface area contributed by atoms with Crippen molar-refractivity contribution in [3.63, 3.8) is 0 Å². The highest BCUT2D eigenvalue weighted by atomic mass is 16.2. The summed E-state index contributed by atoms with van der Waals surface area (Å²) in [4.78, 5) is 21.6. The maximum absolute atomic E-state index is 12.6. The van der Waals surface area contributed by atoms with E-state index in [2.05, 4.69) is 55.0 Å². The Bertz CT molecular complexity index is 856. The van der Waals surface area contributed by atoms with Crippen LogP contribution < -0.4 is 0 Å². The molecule has 0 aliphatic rings. The number of aromatic amines is 1. The van der Waals surface area contributed by atoms with E-state index in [1.807, 2.05) is 25.2 Å². The smallest absolute Gasteiger partial charge is 0.253 e. The van der Waals surface area contributed by atoms with Crippen LogP contribution in [0.25, 0.3) is 11.0 Å². The molecule has 3 rings (SSSR count). The van der Waals surface area contributed by atoms with Crippen LogP contribution in [0.2, 0.25) is 0 Å². The Morgan fingerprint density at radius 2 is 1.83 bits per heavy atom. The van der Waals surface area contributed by atoms with Crippen LogP contribution in [0.3, 0.4) is 0 Å². The molecule has 0 bridgehead atoms. The van der Waals surface area contributed by atoms with E-state index in [1.54, 1.807) is 11.2 Å². The number of imidazole rings is 1. The van der Waals surface area contributed by atoms with Crippen LogP contribution in [0.4, 0.5) is 0 Å². The molecule has 1 aromatic heterocycles. The highest BCUT2D eigenvalue weighted by Crippen LogP contribution is 2.22. The van der Waals surface area contributed by atoms with E-state index in [0.29, 0.717) is 12.1 Å². The van der Waals surface area contributed by atoms with Gasteiger partial charge >= 0.3 is 0 Å². The molecule has 0 spiro atoms. The normalized spacial score (nSPS) is 11.7. The number of H-pyrrole nitrogens is 1. The summed E-state index contributed by atoms with van der Waals surface area (Å²) in [5, 5.41) is 0. The number of nitrogens with one attached hydrogen (secondary N) is 1. The molecule has 3 aromatic rings. The first-order chi connectivity index (χ1) is 11.3. The SMILES string of the molecule is CN(Cc1ccc(C(C)(C)C)cc1)C(=O)c1ccc2nc[nH]c2c1. The zero-order chi connectivity index (χ0) is 17.3. The van der Waals surface area contributed by atoms with E-state index in [4.69, 9.17) is 0 Å². The van der Waals surface area contributed by atoms with Gasteiger partial charge in [-0.15, -0.1) is 0 Å². The summed E-state index contributed by atoms with van der Waals surface area (Å²) in [6.45, 7) is 7.18. The topological polar surface area (TPSA) is 49.0 Å². The van der Waals surface area contributed by atoms with Gasteiger partial charge in [0.1, 0.15) is 0 Å². The van der Waals surface area contributed by atoms with Crippen molar-refractivity contribution in [3.8, 4) is 0 Å². The quantitative estimate of drug-likeness (QED) is 0.788. The minimum absolute atomic E-state index is 0.00592. The number of hydrogen-bond donors (Lipinski definition) is 1. The van der Waals surface area contributed by atoms with E-state index < -0.39 is 0 Å². The van der Waals surface area contributed by atoms with Crippen molar-refractivity contribution in [3.05, 3.63) is 65.5 Å². The lowest BCUT2D eigenvalue weighted by Crippen LogP contribution is -2.26. The minimum Gasteiger partial charge on any atom is -0.345 e. The first-order valence-electron chi connectivity index (χ1n) is 8.12. The summed E-state index contributed by atoms with van der Waals surface area (Å²) in [7, 11) is 1.83. The van der Waals surface area contributed by atoms with Gasteiger partial charge in [-0.1, -0.05) is 45.0 Å². The van der Waals surface area contributed by atoms with Crippen molar-refractivity contribution in [1.29, 1.82) is 0 Å². The predicted molar refractivity (Wildman–Crippen MR) is 97.0 cm³/mol. The van der Waals surface area contributed by atoms with Crippen molar-refractivity contribution >= 4 is 16.9 Å². The van der Waals surface area contributed by atoms with Crippen molar-refractivity contribution in [2.45, 2.75) is 32.7 Å². The van der Waals surface area contributed by atoms with Gasteiger partial charge < -0.3 is 9.88 Å². The van der Waals surface area contributed by atoms with E-state index in [1.165, 1.54) is 5.56 Å². The maximum Gasteiger partial charge on any atom is 0.253 e. The van der Waals surface area contributed by atoms with Crippen LogP contribution in [-0.2, 0) is 12.0 Å². The molecule has 0 aliphatic carbocycles. The average molecular weight is 321 g/mol. The molecule has 4 nitrogen and oxygen atoms in total. The Balaban J connectivity index is 1.73. The number of carbonyl (C=O) groups is 1. The molecule has 24 heavy (non-hydrogen) atoms. The third-order valence-electron chi connectivity index (χ3n) is 4.25. The summed E-state index contributed by atoms with van der Waals surface area (Å²) in [6.07, 6.45) is 1.64. The highest BCUT2D eigenvalue weighted by Gasteiger charge is 2.15. The number of amides is 1. The van der Waals surface area contributed by atoms with Gasteiger partial charge in [0.15, 0.2) is 0 Å². The van der Waals surface area contributed by atoms with E-state index in [-0.39, 0.29) is 11.3 Å². The third kappa shape index (κ3) is 3.32. The van der Waals surface area contributed by atoms with Gasteiger partial charge in [-0.05, 0) is 34.7 Å². The summed E-state index contributed by atoms with van der Waals surface area (Å²) in [6, 6.07) is 14.0. The van der Waals surface area contributed by atoms with Gasteiger partial charge in [-0.25, -0.2) is 4.98 Å². The van der Waals surface area contributed by atoms with Crippen LogP contribution in [0.15, 0.2) is 48.8 Å². The summed E-state index contributed by atoms with van der Waals surface area (Å²) >= 11 is 0. The summed E-state index contributed by atoms with van der Waals surface area (Å²) < 4.78 is 0. The lowest BCUT2D eigenvalue weighted by atomic mass is 9.87. The second-order valence-corrected chi connectivity index (χ2v) is 7.24. The molecule has 0 saturated heterocycles. The maximum atomic E-state index is 12.6. The zero-order valence-corrected chi connectivity index (χ0v) is 14.6. The number of hydrogen-bond acceptors (Lipinski definition) is 2. The Labute approximate surface area is 142 Å². The van der Waals surface area contributed by atoms with Crippen LogP contribution in [0, 0.1) is 0 Å². The zero-order valence-electron chi connectivity index (χ0n) is 14.6. The molecule has 0 saturated carbocycles. The molecular weight excluding hydrogens is 298 g/mol.